The average Bonchev–Trinajstić information content (AvgIpc) is 2.76. The lowest BCUT2D eigenvalue weighted by Gasteiger charge is -2.38. The van der Waals surface area contributed by atoms with E-state index < -0.39 is 5.60 Å². The summed E-state index contributed by atoms with van der Waals surface area (Å²) < 4.78 is 0. The summed E-state index contributed by atoms with van der Waals surface area (Å²) in [6.45, 7) is 1.54. The number of likely N-dealkylation sites (N-methyl/N-ethyl adjacent to an activating group) is 1. The van der Waals surface area contributed by atoms with Crippen molar-refractivity contribution in [2.24, 2.45) is 5.41 Å². The Labute approximate surface area is 111 Å². The minimum atomic E-state index is -0.493. The molecule has 2 aliphatic rings. The van der Waals surface area contributed by atoms with Crippen LogP contribution in [-0.2, 0) is 4.79 Å². The van der Waals surface area contributed by atoms with Crippen molar-refractivity contribution in [3.63, 3.8) is 0 Å². The van der Waals surface area contributed by atoms with Gasteiger partial charge < -0.3 is 14.8 Å². The second-order valence-corrected chi connectivity index (χ2v) is 6.64. The third kappa shape index (κ3) is 3.33. The van der Waals surface area contributed by atoms with Crippen molar-refractivity contribution in [3.8, 4) is 0 Å². The van der Waals surface area contributed by atoms with E-state index in [1.54, 1.807) is 0 Å². The molecule has 3 heteroatoms. The molecule has 2 fully saturated rings. The SMILES string of the molecule is CN(CC1(O)CCCC1)CC1(C=O)CCCCC1. The van der Waals surface area contributed by atoms with Crippen molar-refractivity contribution >= 4 is 6.29 Å². The molecule has 0 atom stereocenters. The van der Waals surface area contributed by atoms with Gasteiger partial charge in [-0.2, -0.15) is 0 Å². The Kier molecular flexibility index (Phi) is 4.44. The minimum Gasteiger partial charge on any atom is -0.389 e. The number of carbonyl (C=O) groups excluding carboxylic acids is 1. The fourth-order valence-corrected chi connectivity index (χ4v) is 3.86. The number of hydrogen-bond donors (Lipinski definition) is 1. The van der Waals surface area contributed by atoms with Gasteiger partial charge in [0.05, 0.1) is 5.60 Å². The van der Waals surface area contributed by atoms with E-state index in [1.807, 2.05) is 0 Å². The summed E-state index contributed by atoms with van der Waals surface area (Å²) in [6, 6.07) is 0. The van der Waals surface area contributed by atoms with Crippen LogP contribution in [0.5, 0.6) is 0 Å². The van der Waals surface area contributed by atoms with Gasteiger partial charge in [-0.3, -0.25) is 0 Å². The van der Waals surface area contributed by atoms with Gasteiger partial charge in [-0.15, -0.1) is 0 Å². The molecule has 0 radical (unpaired) electrons. The molecule has 2 saturated carbocycles. The second kappa shape index (κ2) is 5.70. The zero-order valence-corrected chi connectivity index (χ0v) is 11.7. The Morgan fingerprint density at radius 3 is 2.11 bits per heavy atom. The number of nitrogens with zero attached hydrogens (tertiary/aromatic N) is 1. The summed E-state index contributed by atoms with van der Waals surface area (Å²) in [5.41, 5.74) is -0.630. The summed E-state index contributed by atoms with van der Waals surface area (Å²) in [6.07, 6.45) is 11.0. The van der Waals surface area contributed by atoms with Crippen molar-refractivity contribution in [2.45, 2.75) is 63.4 Å². The molecule has 0 aromatic rings. The first-order valence-corrected chi connectivity index (χ1v) is 7.45. The Hall–Kier alpha value is -0.410. The first-order valence-electron chi connectivity index (χ1n) is 7.45. The predicted octanol–water partition coefficient (Wildman–Crippen LogP) is 2.37. The van der Waals surface area contributed by atoms with Gasteiger partial charge in [-0.1, -0.05) is 32.1 Å². The summed E-state index contributed by atoms with van der Waals surface area (Å²) in [7, 11) is 2.05. The van der Waals surface area contributed by atoms with Crippen LogP contribution in [0.4, 0.5) is 0 Å². The van der Waals surface area contributed by atoms with E-state index in [-0.39, 0.29) is 5.41 Å². The van der Waals surface area contributed by atoms with Crippen LogP contribution in [-0.4, -0.2) is 42.0 Å². The maximum absolute atomic E-state index is 11.4. The molecule has 2 aliphatic carbocycles. The van der Waals surface area contributed by atoms with E-state index in [0.29, 0.717) is 0 Å². The molecule has 0 aromatic heterocycles. The molecule has 0 amide bonds. The number of hydrogen-bond acceptors (Lipinski definition) is 3. The zero-order valence-electron chi connectivity index (χ0n) is 11.7. The second-order valence-electron chi connectivity index (χ2n) is 6.64. The maximum Gasteiger partial charge on any atom is 0.127 e. The molecule has 18 heavy (non-hydrogen) atoms. The number of aliphatic hydroxyl groups is 1. The lowest BCUT2D eigenvalue weighted by atomic mass is 9.75. The highest BCUT2D eigenvalue weighted by Gasteiger charge is 2.36. The van der Waals surface area contributed by atoms with Gasteiger partial charge in [-0.05, 0) is 32.7 Å². The molecule has 0 unspecified atom stereocenters. The summed E-state index contributed by atoms with van der Waals surface area (Å²) >= 11 is 0. The molecule has 0 heterocycles. The Balaban J connectivity index is 1.88. The zero-order chi connectivity index (χ0) is 13.1. The summed E-state index contributed by atoms with van der Waals surface area (Å²) in [5, 5.41) is 10.4. The van der Waals surface area contributed by atoms with Crippen LogP contribution < -0.4 is 0 Å². The van der Waals surface area contributed by atoms with Gasteiger partial charge in [0.15, 0.2) is 0 Å². The van der Waals surface area contributed by atoms with E-state index >= 15 is 0 Å². The lowest BCUT2D eigenvalue weighted by Crippen LogP contribution is -2.45. The van der Waals surface area contributed by atoms with Gasteiger partial charge in [0, 0.05) is 18.5 Å². The maximum atomic E-state index is 11.4. The smallest absolute Gasteiger partial charge is 0.127 e. The first-order chi connectivity index (χ1) is 8.58. The molecule has 0 saturated heterocycles. The molecule has 3 nitrogen and oxygen atoms in total. The van der Waals surface area contributed by atoms with E-state index in [2.05, 4.69) is 11.9 Å². The van der Waals surface area contributed by atoms with Crippen molar-refractivity contribution in [2.75, 3.05) is 20.1 Å². The van der Waals surface area contributed by atoms with Crippen LogP contribution in [0.2, 0.25) is 0 Å². The van der Waals surface area contributed by atoms with E-state index in [0.717, 1.165) is 51.6 Å². The van der Waals surface area contributed by atoms with Crippen LogP contribution in [0.15, 0.2) is 0 Å². The van der Waals surface area contributed by atoms with Crippen LogP contribution in [0, 0.1) is 5.41 Å². The van der Waals surface area contributed by atoms with Gasteiger partial charge in [0.1, 0.15) is 6.29 Å². The molecule has 0 aromatic carbocycles. The largest absolute Gasteiger partial charge is 0.389 e. The highest BCUT2D eigenvalue weighted by Crippen LogP contribution is 2.36. The average molecular weight is 253 g/mol. The monoisotopic (exact) mass is 253 g/mol. The fourth-order valence-electron chi connectivity index (χ4n) is 3.86. The molecular formula is C15H27NO2. The topological polar surface area (TPSA) is 40.5 Å². The minimum absolute atomic E-state index is 0.137. The summed E-state index contributed by atoms with van der Waals surface area (Å²) in [4.78, 5) is 13.6. The number of rotatable bonds is 5. The lowest BCUT2D eigenvalue weighted by molar-refractivity contribution is -0.119. The van der Waals surface area contributed by atoms with Crippen molar-refractivity contribution in [3.05, 3.63) is 0 Å². The standard InChI is InChI=1S/C15H27NO2/c1-16(12-15(18)9-5-6-10-15)11-14(13-17)7-3-2-4-8-14/h13,18H,2-12H2,1H3. The Morgan fingerprint density at radius 2 is 1.56 bits per heavy atom. The van der Waals surface area contributed by atoms with Crippen LogP contribution in [0.3, 0.4) is 0 Å². The molecular weight excluding hydrogens is 226 g/mol. The molecule has 104 valence electrons. The normalized spacial score (nSPS) is 26.4. The van der Waals surface area contributed by atoms with E-state index in [1.165, 1.54) is 25.5 Å². The Morgan fingerprint density at radius 1 is 1.00 bits per heavy atom. The van der Waals surface area contributed by atoms with Crippen molar-refractivity contribution in [1.82, 2.24) is 4.90 Å². The molecule has 2 rings (SSSR count). The third-order valence-corrected chi connectivity index (χ3v) is 4.78. The van der Waals surface area contributed by atoms with Gasteiger partial charge in [0.25, 0.3) is 0 Å². The van der Waals surface area contributed by atoms with Gasteiger partial charge in [0.2, 0.25) is 0 Å². The highest BCUT2D eigenvalue weighted by molar-refractivity contribution is 5.60. The van der Waals surface area contributed by atoms with E-state index in [4.69, 9.17) is 0 Å². The summed E-state index contributed by atoms with van der Waals surface area (Å²) in [5.74, 6) is 0. The first kappa shape index (κ1) is 14.0. The quantitative estimate of drug-likeness (QED) is 0.765. The fraction of sp³-hybridized carbons (Fsp3) is 0.933. The Bertz CT molecular complexity index is 278. The number of carbonyl (C=O) groups is 1. The molecule has 0 aliphatic heterocycles. The van der Waals surface area contributed by atoms with Crippen LogP contribution in [0.25, 0.3) is 0 Å². The molecule has 0 bridgehead atoms. The highest BCUT2D eigenvalue weighted by atomic mass is 16.3. The molecule has 1 N–H and O–H groups in total. The van der Waals surface area contributed by atoms with Crippen LogP contribution >= 0.6 is 0 Å². The van der Waals surface area contributed by atoms with Crippen molar-refractivity contribution in [1.29, 1.82) is 0 Å². The predicted molar refractivity (Wildman–Crippen MR) is 72.5 cm³/mol. The van der Waals surface area contributed by atoms with Gasteiger partial charge in [-0.25, -0.2) is 0 Å². The molecule has 0 spiro atoms. The van der Waals surface area contributed by atoms with Gasteiger partial charge >= 0.3 is 0 Å². The van der Waals surface area contributed by atoms with Crippen molar-refractivity contribution < 1.29 is 9.90 Å². The third-order valence-electron chi connectivity index (χ3n) is 4.78. The number of aldehydes is 1. The van der Waals surface area contributed by atoms with Crippen LogP contribution in [0.1, 0.15) is 57.8 Å². The van der Waals surface area contributed by atoms with E-state index in [9.17, 15) is 9.90 Å².